The van der Waals surface area contributed by atoms with Gasteiger partial charge in [-0.15, -0.1) is 0 Å². The van der Waals surface area contributed by atoms with Gasteiger partial charge < -0.3 is 15.5 Å². The van der Waals surface area contributed by atoms with E-state index in [1.54, 1.807) is 11.9 Å². The third kappa shape index (κ3) is 4.20. The second-order valence-electron chi connectivity index (χ2n) is 5.37. The molecule has 1 rings (SSSR count). The SMILES string of the molecule is CCCC1(C(=O)NCC(=O)N(C)CC)CCNCC1. The molecule has 1 fully saturated rings. The van der Waals surface area contributed by atoms with E-state index in [0.29, 0.717) is 6.54 Å². The molecule has 0 radical (unpaired) electrons. The third-order valence-corrected chi connectivity index (χ3v) is 4.07. The first-order valence-corrected chi connectivity index (χ1v) is 7.28. The van der Waals surface area contributed by atoms with Gasteiger partial charge in [-0.05, 0) is 39.3 Å². The summed E-state index contributed by atoms with van der Waals surface area (Å²) in [6.07, 6.45) is 3.63. The van der Waals surface area contributed by atoms with Crippen LogP contribution in [0.3, 0.4) is 0 Å². The topological polar surface area (TPSA) is 61.4 Å². The lowest BCUT2D eigenvalue weighted by atomic mass is 9.74. The van der Waals surface area contributed by atoms with Crippen LogP contribution in [0.4, 0.5) is 0 Å². The summed E-state index contributed by atoms with van der Waals surface area (Å²) in [5.41, 5.74) is -0.273. The second kappa shape index (κ2) is 7.48. The van der Waals surface area contributed by atoms with Crippen LogP contribution in [0.5, 0.6) is 0 Å². The van der Waals surface area contributed by atoms with E-state index in [1.807, 2.05) is 6.92 Å². The molecule has 1 aliphatic rings. The lowest BCUT2D eigenvalue weighted by Gasteiger charge is -2.36. The smallest absolute Gasteiger partial charge is 0.241 e. The van der Waals surface area contributed by atoms with Crippen LogP contribution in [-0.4, -0.2) is 49.9 Å². The van der Waals surface area contributed by atoms with E-state index in [4.69, 9.17) is 0 Å². The van der Waals surface area contributed by atoms with Gasteiger partial charge in [-0.2, -0.15) is 0 Å². The van der Waals surface area contributed by atoms with E-state index >= 15 is 0 Å². The largest absolute Gasteiger partial charge is 0.347 e. The first-order chi connectivity index (χ1) is 9.05. The molecule has 5 heteroatoms. The number of amides is 2. The number of nitrogens with one attached hydrogen (secondary N) is 2. The number of piperidine rings is 1. The Labute approximate surface area is 116 Å². The number of likely N-dealkylation sites (N-methyl/N-ethyl adjacent to an activating group) is 1. The number of nitrogens with zero attached hydrogens (tertiary/aromatic N) is 1. The van der Waals surface area contributed by atoms with Gasteiger partial charge in [0.2, 0.25) is 11.8 Å². The fraction of sp³-hybridized carbons (Fsp3) is 0.857. The maximum absolute atomic E-state index is 12.4. The molecule has 0 aromatic rings. The summed E-state index contributed by atoms with van der Waals surface area (Å²) in [5.74, 6) is 0.0186. The zero-order valence-corrected chi connectivity index (χ0v) is 12.4. The molecule has 0 aromatic carbocycles. The van der Waals surface area contributed by atoms with Crippen molar-refractivity contribution in [2.75, 3.05) is 33.2 Å². The second-order valence-corrected chi connectivity index (χ2v) is 5.37. The first-order valence-electron chi connectivity index (χ1n) is 7.28. The lowest BCUT2D eigenvalue weighted by Crippen LogP contribution is -2.49. The van der Waals surface area contributed by atoms with Gasteiger partial charge in [0.15, 0.2) is 0 Å². The summed E-state index contributed by atoms with van der Waals surface area (Å²) in [7, 11) is 1.75. The maximum atomic E-state index is 12.4. The van der Waals surface area contributed by atoms with Crippen molar-refractivity contribution in [3.05, 3.63) is 0 Å². The highest BCUT2D eigenvalue weighted by molar-refractivity contribution is 5.87. The van der Waals surface area contributed by atoms with Crippen molar-refractivity contribution in [2.45, 2.75) is 39.5 Å². The monoisotopic (exact) mass is 269 g/mol. The quantitative estimate of drug-likeness (QED) is 0.748. The first kappa shape index (κ1) is 16.0. The molecule has 0 saturated carbocycles. The zero-order chi connectivity index (χ0) is 14.3. The van der Waals surface area contributed by atoms with Gasteiger partial charge in [-0.1, -0.05) is 13.3 Å². The molecule has 0 bridgehead atoms. The van der Waals surface area contributed by atoms with Crippen LogP contribution in [-0.2, 0) is 9.59 Å². The van der Waals surface area contributed by atoms with Crippen LogP contribution in [0, 0.1) is 5.41 Å². The van der Waals surface area contributed by atoms with Crippen LogP contribution in [0.2, 0.25) is 0 Å². The summed E-state index contributed by atoms with van der Waals surface area (Å²) >= 11 is 0. The van der Waals surface area contributed by atoms with Crippen LogP contribution in [0.15, 0.2) is 0 Å². The lowest BCUT2D eigenvalue weighted by molar-refractivity contribution is -0.137. The van der Waals surface area contributed by atoms with Crippen molar-refractivity contribution < 1.29 is 9.59 Å². The molecule has 0 atom stereocenters. The molecule has 1 aliphatic heterocycles. The Bertz CT molecular complexity index is 306. The predicted octanol–water partition coefficient (Wildman–Crippen LogP) is 0.751. The number of hydrogen-bond donors (Lipinski definition) is 2. The summed E-state index contributed by atoms with van der Waals surface area (Å²) in [4.78, 5) is 25.8. The minimum atomic E-state index is -0.273. The molecule has 19 heavy (non-hydrogen) atoms. The Balaban J connectivity index is 2.55. The summed E-state index contributed by atoms with van der Waals surface area (Å²) in [6, 6.07) is 0. The Morgan fingerprint density at radius 3 is 2.42 bits per heavy atom. The number of carbonyl (C=O) groups excluding carboxylic acids is 2. The molecular weight excluding hydrogens is 242 g/mol. The molecule has 110 valence electrons. The molecule has 1 heterocycles. The van der Waals surface area contributed by atoms with Gasteiger partial charge in [-0.3, -0.25) is 9.59 Å². The Kier molecular flexibility index (Phi) is 6.28. The number of hydrogen-bond acceptors (Lipinski definition) is 3. The standard InChI is InChI=1S/C14H27N3O2/c1-4-6-14(7-9-15-10-8-14)13(19)16-11-12(18)17(3)5-2/h15H,4-11H2,1-3H3,(H,16,19). The van der Waals surface area contributed by atoms with Crippen molar-refractivity contribution in [1.29, 1.82) is 0 Å². The number of carbonyl (C=O) groups is 2. The van der Waals surface area contributed by atoms with Crippen molar-refractivity contribution in [3.8, 4) is 0 Å². The maximum Gasteiger partial charge on any atom is 0.241 e. The van der Waals surface area contributed by atoms with Crippen molar-refractivity contribution in [2.24, 2.45) is 5.41 Å². The summed E-state index contributed by atoms with van der Waals surface area (Å²) in [6.45, 7) is 6.57. The predicted molar refractivity (Wildman–Crippen MR) is 75.8 cm³/mol. The van der Waals surface area contributed by atoms with Crippen molar-refractivity contribution in [3.63, 3.8) is 0 Å². The molecule has 2 amide bonds. The van der Waals surface area contributed by atoms with E-state index in [-0.39, 0.29) is 23.8 Å². The van der Waals surface area contributed by atoms with Gasteiger partial charge in [0.05, 0.1) is 12.0 Å². The van der Waals surface area contributed by atoms with E-state index in [0.717, 1.165) is 38.8 Å². The highest BCUT2D eigenvalue weighted by atomic mass is 16.2. The van der Waals surface area contributed by atoms with Crippen molar-refractivity contribution in [1.82, 2.24) is 15.5 Å². The van der Waals surface area contributed by atoms with Gasteiger partial charge in [0.1, 0.15) is 0 Å². The fourth-order valence-electron chi connectivity index (χ4n) is 2.63. The average Bonchev–Trinajstić information content (AvgIpc) is 2.44. The summed E-state index contributed by atoms with van der Waals surface area (Å²) in [5, 5.41) is 6.12. The van der Waals surface area contributed by atoms with E-state index < -0.39 is 0 Å². The number of rotatable bonds is 6. The van der Waals surface area contributed by atoms with Crippen molar-refractivity contribution >= 4 is 11.8 Å². The fourth-order valence-corrected chi connectivity index (χ4v) is 2.63. The van der Waals surface area contributed by atoms with Gasteiger partial charge in [0, 0.05) is 13.6 Å². The highest BCUT2D eigenvalue weighted by Gasteiger charge is 2.38. The Morgan fingerprint density at radius 2 is 1.89 bits per heavy atom. The Morgan fingerprint density at radius 1 is 1.26 bits per heavy atom. The minimum Gasteiger partial charge on any atom is -0.347 e. The minimum absolute atomic E-state index is 0.0311. The Hall–Kier alpha value is -1.10. The molecule has 2 N–H and O–H groups in total. The average molecular weight is 269 g/mol. The van der Waals surface area contributed by atoms with Crippen LogP contribution in [0.1, 0.15) is 39.5 Å². The van der Waals surface area contributed by atoms with E-state index in [1.165, 1.54) is 0 Å². The highest BCUT2D eigenvalue weighted by Crippen LogP contribution is 2.34. The molecule has 0 spiro atoms. The van der Waals surface area contributed by atoms with Crippen LogP contribution in [0.25, 0.3) is 0 Å². The molecule has 0 aliphatic carbocycles. The van der Waals surface area contributed by atoms with Gasteiger partial charge in [-0.25, -0.2) is 0 Å². The molecule has 0 aromatic heterocycles. The van der Waals surface area contributed by atoms with Gasteiger partial charge in [0.25, 0.3) is 0 Å². The molecule has 5 nitrogen and oxygen atoms in total. The molecule has 1 saturated heterocycles. The van der Waals surface area contributed by atoms with E-state index in [9.17, 15) is 9.59 Å². The van der Waals surface area contributed by atoms with E-state index in [2.05, 4.69) is 17.6 Å². The van der Waals surface area contributed by atoms with Crippen LogP contribution < -0.4 is 10.6 Å². The van der Waals surface area contributed by atoms with Gasteiger partial charge >= 0.3 is 0 Å². The third-order valence-electron chi connectivity index (χ3n) is 4.07. The zero-order valence-electron chi connectivity index (χ0n) is 12.4. The summed E-state index contributed by atoms with van der Waals surface area (Å²) < 4.78 is 0. The normalized spacial score (nSPS) is 17.8. The molecular formula is C14H27N3O2. The molecule has 0 unspecified atom stereocenters. The van der Waals surface area contributed by atoms with Crippen LogP contribution >= 0.6 is 0 Å².